The number of carbonyl (C=O) groups excluding carboxylic acids is 2. The Labute approximate surface area is 162 Å². The van der Waals surface area contributed by atoms with Crippen molar-refractivity contribution in [3.05, 3.63) is 71.2 Å². The van der Waals surface area contributed by atoms with E-state index in [1.807, 2.05) is 18.2 Å². The summed E-state index contributed by atoms with van der Waals surface area (Å²) in [7, 11) is 0. The molecule has 3 rings (SSSR count). The maximum absolute atomic E-state index is 12.9. The molecule has 1 aromatic heterocycles. The van der Waals surface area contributed by atoms with Gasteiger partial charge >= 0.3 is 5.97 Å². The molecular weight excluding hydrogens is 361 g/mol. The van der Waals surface area contributed by atoms with Crippen molar-refractivity contribution in [1.29, 1.82) is 0 Å². The van der Waals surface area contributed by atoms with E-state index in [1.165, 1.54) is 19.1 Å². The highest BCUT2D eigenvalue weighted by Crippen LogP contribution is 2.23. The molecule has 0 bridgehead atoms. The zero-order valence-corrected chi connectivity index (χ0v) is 15.8. The van der Waals surface area contributed by atoms with Crippen LogP contribution in [0.1, 0.15) is 30.5 Å². The predicted molar refractivity (Wildman–Crippen MR) is 103 cm³/mol. The molecule has 1 atom stereocenters. The van der Waals surface area contributed by atoms with E-state index in [0.29, 0.717) is 0 Å². The van der Waals surface area contributed by atoms with Gasteiger partial charge in [0.25, 0.3) is 5.91 Å². The Morgan fingerprint density at radius 1 is 1.14 bits per heavy atom. The van der Waals surface area contributed by atoms with Crippen molar-refractivity contribution in [3.8, 4) is 0 Å². The van der Waals surface area contributed by atoms with Gasteiger partial charge in [-0.15, -0.1) is 0 Å². The average Bonchev–Trinajstić information content (AvgIpc) is 3.08. The van der Waals surface area contributed by atoms with E-state index in [0.717, 1.165) is 34.1 Å². The summed E-state index contributed by atoms with van der Waals surface area (Å²) >= 11 is 0. The molecule has 6 heteroatoms. The summed E-state index contributed by atoms with van der Waals surface area (Å²) in [5, 5.41) is 3.53. The normalized spacial score (nSPS) is 12.0. The van der Waals surface area contributed by atoms with E-state index < -0.39 is 18.0 Å². The van der Waals surface area contributed by atoms with Crippen LogP contribution in [0.2, 0.25) is 0 Å². The lowest BCUT2D eigenvalue weighted by Gasteiger charge is -2.13. The molecule has 0 aliphatic rings. The molecule has 0 radical (unpaired) electrons. The van der Waals surface area contributed by atoms with Gasteiger partial charge in [-0.25, -0.2) is 4.39 Å². The fraction of sp³-hybridized carbons (Fsp3) is 0.273. The minimum absolute atomic E-state index is 0.0219. The first-order valence-electron chi connectivity index (χ1n) is 9.17. The number of rotatable bonds is 7. The molecule has 0 spiro atoms. The van der Waals surface area contributed by atoms with Crippen LogP contribution in [0.15, 0.2) is 53.1 Å². The summed E-state index contributed by atoms with van der Waals surface area (Å²) in [6, 6.07) is 11.7. The molecule has 5 nitrogen and oxygen atoms in total. The molecule has 3 aromatic rings. The summed E-state index contributed by atoms with van der Waals surface area (Å²) in [6.45, 7) is 3.80. The van der Waals surface area contributed by atoms with Crippen molar-refractivity contribution in [2.75, 3.05) is 0 Å². The Hall–Kier alpha value is -3.15. The Morgan fingerprint density at radius 3 is 2.57 bits per heavy atom. The van der Waals surface area contributed by atoms with Gasteiger partial charge in [0.05, 0.1) is 12.7 Å². The number of fused-ring (bicyclic) bond motifs is 1. The van der Waals surface area contributed by atoms with Gasteiger partial charge < -0.3 is 14.5 Å². The lowest BCUT2D eigenvalue weighted by molar-refractivity contribution is -0.154. The van der Waals surface area contributed by atoms with Crippen molar-refractivity contribution >= 4 is 22.8 Å². The van der Waals surface area contributed by atoms with Crippen molar-refractivity contribution in [2.24, 2.45) is 0 Å². The first-order valence-corrected chi connectivity index (χ1v) is 9.17. The molecule has 0 aliphatic carbocycles. The fourth-order valence-corrected chi connectivity index (χ4v) is 2.87. The highest BCUT2D eigenvalue weighted by molar-refractivity contribution is 5.88. The summed E-state index contributed by atoms with van der Waals surface area (Å²) in [5.74, 6) is -1.26. The molecule has 1 amide bonds. The van der Waals surface area contributed by atoms with Crippen molar-refractivity contribution in [3.63, 3.8) is 0 Å². The molecule has 0 aliphatic heterocycles. The van der Waals surface area contributed by atoms with E-state index >= 15 is 0 Å². The second kappa shape index (κ2) is 8.69. The first-order chi connectivity index (χ1) is 13.5. The lowest BCUT2D eigenvalue weighted by atomic mass is 10.1. The minimum atomic E-state index is -0.933. The van der Waals surface area contributed by atoms with Crippen LogP contribution in [0.25, 0.3) is 11.0 Å². The highest BCUT2D eigenvalue weighted by Gasteiger charge is 2.19. The summed E-state index contributed by atoms with van der Waals surface area (Å²) < 4.78 is 23.7. The Morgan fingerprint density at radius 2 is 1.86 bits per heavy atom. The number of benzene rings is 2. The van der Waals surface area contributed by atoms with Gasteiger partial charge in [0, 0.05) is 17.5 Å². The van der Waals surface area contributed by atoms with E-state index in [9.17, 15) is 14.0 Å². The third kappa shape index (κ3) is 4.76. The van der Waals surface area contributed by atoms with Gasteiger partial charge in [-0.2, -0.15) is 0 Å². The molecule has 1 N–H and O–H groups in total. The largest absolute Gasteiger partial charge is 0.464 e. The number of nitrogens with one attached hydrogen (secondary N) is 1. The van der Waals surface area contributed by atoms with Crippen molar-refractivity contribution in [2.45, 2.75) is 39.3 Å². The van der Waals surface area contributed by atoms with Gasteiger partial charge in [0.15, 0.2) is 6.10 Å². The average molecular weight is 383 g/mol. The van der Waals surface area contributed by atoms with Gasteiger partial charge in [0.1, 0.15) is 11.4 Å². The summed E-state index contributed by atoms with van der Waals surface area (Å²) in [6.07, 6.45) is 1.54. The summed E-state index contributed by atoms with van der Waals surface area (Å²) in [5.41, 5.74) is 3.36. The van der Waals surface area contributed by atoms with Crippen LogP contribution in [-0.4, -0.2) is 18.0 Å². The van der Waals surface area contributed by atoms with Crippen LogP contribution < -0.4 is 5.32 Å². The van der Waals surface area contributed by atoms with E-state index in [1.54, 1.807) is 18.4 Å². The zero-order chi connectivity index (χ0) is 20.1. The van der Waals surface area contributed by atoms with Crippen LogP contribution in [0, 0.1) is 5.82 Å². The smallest absolute Gasteiger partial charge is 0.311 e. The molecule has 0 unspecified atom stereocenters. The molecule has 0 fully saturated rings. The molecule has 28 heavy (non-hydrogen) atoms. The molecule has 0 saturated carbocycles. The lowest BCUT2D eigenvalue weighted by Crippen LogP contribution is -2.35. The van der Waals surface area contributed by atoms with Crippen LogP contribution in [0.5, 0.6) is 0 Å². The molecule has 2 aromatic carbocycles. The van der Waals surface area contributed by atoms with Crippen LogP contribution in [0.4, 0.5) is 4.39 Å². The Balaban J connectivity index is 1.53. The Bertz CT molecular complexity index is 978. The fourth-order valence-electron chi connectivity index (χ4n) is 2.87. The monoisotopic (exact) mass is 383 g/mol. The number of ether oxygens (including phenoxy) is 1. The van der Waals surface area contributed by atoms with E-state index in [2.05, 4.69) is 12.2 Å². The number of halogens is 1. The number of hydrogen-bond acceptors (Lipinski definition) is 4. The van der Waals surface area contributed by atoms with E-state index in [-0.39, 0.29) is 18.8 Å². The van der Waals surface area contributed by atoms with Gasteiger partial charge in [0.2, 0.25) is 0 Å². The topological polar surface area (TPSA) is 68.5 Å². The number of aryl methyl sites for hydroxylation is 1. The Kier molecular flexibility index (Phi) is 6.09. The summed E-state index contributed by atoms with van der Waals surface area (Å²) in [4.78, 5) is 24.3. The second-order valence-corrected chi connectivity index (χ2v) is 6.60. The zero-order valence-electron chi connectivity index (χ0n) is 15.8. The quantitative estimate of drug-likeness (QED) is 0.628. The molecule has 146 valence electrons. The molecule has 0 saturated heterocycles. The standard InChI is InChI=1S/C22H22FNO4/c1-3-15-6-9-19-17(13-27-20(19)10-15)11-21(25)28-14(2)22(26)24-12-16-4-7-18(23)8-5-16/h4-10,13-14H,3,11-12H2,1-2H3,(H,24,26)/t14-/m0/s1. The minimum Gasteiger partial charge on any atom is -0.464 e. The van der Waals surface area contributed by atoms with E-state index in [4.69, 9.17) is 9.15 Å². The number of amides is 1. The van der Waals surface area contributed by atoms with Crippen LogP contribution in [-0.2, 0) is 33.7 Å². The van der Waals surface area contributed by atoms with Crippen molar-refractivity contribution in [1.82, 2.24) is 5.32 Å². The number of esters is 1. The third-order valence-corrected chi connectivity index (χ3v) is 4.52. The van der Waals surface area contributed by atoms with Crippen LogP contribution in [0.3, 0.4) is 0 Å². The van der Waals surface area contributed by atoms with Gasteiger partial charge in [-0.3, -0.25) is 9.59 Å². The van der Waals surface area contributed by atoms with Crippen LogP contribution >= 0.6 is 0 Å². The SMILES string of the molecule is CCc1ccc2c(CC(=O)O[C@@H](C)C(=O)NCc3ccc(F)cc3)coc2c1. The maximum atomic E-state index is 12.9. The highest BCUT2D eigenvalue weighted by atomic mass is 19.1. The van der Waals surface area contributed by atoms with Crippen molar-refractivity contribution < 1.29 is 23.1 Å². The predicted octanol–water partition coefficient (Wildman–Crippen LogP) is 3.92. The maximum Gasteiger partial charge on any atom is 0.311 e. The molecular formula is C22H22FNO4. The molecule has 1 heterocycles. The van der Waals surface area contributed by atoms with Gasteiger partial charge in [-0.05, 0) is 42.7 Å². The van der Waals surface area contributed by atoms with Gasteiger partial charge in [-0.1, -0.05) is 31.2 Å². The first kappa shape index (κ1) is 19.6. The number of hydrogen-bond donors (Lipinski definition) is 1. The number of carbonyl (C=O) groups is 2. The third-order valence-electron chi connectivity index (χ3n) is 4.52. The number of furan rings is 1. The second-order valence-electron chi connectivity index (χ2n) is 6.60.